The number of rotatable bonds is 7. The molecular weight excluding hydrogens is 314 g/mol. The molecule has 23 heavy (non-hydrogen) atoms. The number of hydrogen-bond acceptors (Lipinski definition) is 7. The van der Waals surface area contributed by atoms with E-state index >= 15 is 0 Å². The third-order valence-electron chi connectivity index (χ3n) is 4.37. The van der Waals surface area contributed by atoms with Crippen LogP contribution in [0.4, 0.5) is 0 Å². The van der Waals surface area contributed by atoms with Crippen molar-refractivity contribution in [1.82, 2.24) is 15.1 Å². The molecule has 2 heterocycles. The third kappa shape index (κ3) is 4.57. The van der Waals surface area contributed by atoms with Crippen LogP contribution in [0, 0.1) is 0 Å². The lowest BCUT2D eigenvalue weighted by Crippen LogP contribution is -2.37. The Balaban J connectivity index is 1.42. The molecule has 1 aliphatic heterocycles. The molecule has 6 nitrogen and oxygen atoms in total. The van der Waals surface area contributed by atoms with Crippen molar-refractivity contribution in [2.45, 2.75) is 50.9 Å². The van der Waals surface area contributed by atoms with Gasteiger partial charge in [0.05, 0.1) is 13.2 Å². The van der Waals surface area contributed by atoms with Crippen LogP contribution in [0.15, 0.2) is 0 Å². The Morgan fingerprint density at radius 1 is 1.13 bits per heavy atom. The van der Waals surface area contributed by atoms with Crippen molar-refractivity contribution < 1.29 is 14.3 Å². The number of esters is 1. The number of likely N-dealkylation sites (tertiary alicyclic amines) is 1. The molecule has 1 aromatic heterocycles. The van der Waals surface area contributed by atoms with Gasteiger partial charge in [0.15, 0.2) is 5.78 Å². The molecular formula is C16H23N3O3S. The number of Topliss-reactive ketones (excluding diaryl/α,β-unsaturated/α-hetero) is 1. The van der Waals surface area contributed by atoms with Crippen LogP contribution in [0.3, 0.4) is 0 Å². The minimum absolute atomic E-state index is 0.0613. The molecule has 2 aliphatic rings. The summed E-state index contributed by atoms with van der Waals surface area (Å²) in [7, 11) is 0. The van der Waals surface area contributed by atoms with Gasteiger partial charge in [-0.25, -0.2) is 0 Å². The predicted octanol–water partition coefficient (Wildman–Crippen LogP) is 2.12. The summed E-state index contributed by atoms with van der Waals surface area (Å²) in [5.74, 6) is 0.654. The normalized spacial score (nSPS) is 19.7. The van der Waals surface area contributed by atoms with Crippen molar-refractivity contribution >= 4 is 23.1 Å². The average Bonchev–Trinajstić information content (AvgIpc) is 3.26. The van der Waals surface area contributed by atoms with E-state index in [0.717, 1.165) is 30.9 Å². The molecule has 0 aromatic carbocycles. The Labute approximate surface area is 140 Å². The molecule has 0 radical (unpaired) electrons. The maximum atomic E-state index is 11.9. The van der Waals surface area contributed by atoms with Gasteiger partial charge in [-0.1, -0.05) is 0 Å². The second kappa shape index (κ2) is 7.49. The Morgan fingerprint density at radius 3 is 2.30 bits per heavy atom. The molecule has 0 unspecified atom stereocenters. The van der Waals surface area contributed by atoms with Crippen LogP contribution in [0.5, 0.6) is 0 Å². The van der Waals surface area contributed by atoms with E-state index in [1.807, 2.05) is 0 Å². The average molecular weight is 337 g/mol. The molecule has 0 atom stereocenters. The maximum absolute atomic E-state index is 11.9. The first kappa shape index (κ1) is 16.5. The predicted molar refractivity (Wildman–Crippen MR) is 86.6 cm³/mol. The zero-order valence-corrected chi connectivity index (χ0v) is 14.3. The fourth-order valence-corrected chi connectivity index (χ4v) is 4.11. The van der Waals surface area contributed by atoms with Crippen LogP contribution in [-0.4, -0.2) is 53.1 Å². The number of nitrogens with zero attached hydrogens (tertiary/aromatic N) is 3. The lowest BCUT2D eigenvalue weighted by molar-refractivity contribution is -0.145. The third-order valence-corrected chi connectivity index (χ3v) is 5.61. The Hall–Kier alpha value is -1.34. The number of aromatic nitrogens is 2. The zero-order chi connectivity index (χ0) is 16.2. The highest BCUT2D eigenvalue weighted by molar-refractivity contribution is 7.11. The summed E-state index contributed by atoms with van der Waals surface area (Å²) in [4.78, 5) is 25.3. The van der Waals surface area contributed by atoms with E-state index in [9.17, 15) is 9.59 Å². The molecule has 0 N–H and O–H groups in total. The van der Waals surface area contributed by atoms with Gasteiger partial charge in [0.25, 0.3) is 0 Å². The van der Waals surface area contributed by atoms with E-state index in [4.69, 9.17) is 4.74 Å². The SMILES string of the molecule is CCOC(=O)CC(=O)CN1CCC(c2nnc(C3CC3)s2)CC1. The van der Waals surface area contributed by atoms with E-state index in [1.165, 1.54) is 17.8 Å². The highest BCUT2D eigenvalue weighted by Gasteiger charge is 2.30. The molecule has 0 bridgehead atoms. The van der Waals surface area contributed by atoms with Crippen molar-refractivity contribution in [1.29, 1.82) is 0 Å². The highest BCUT2D eigenvalue weighted by atomic mass is 32.1. The van der Waals surface area contributed by atoms with E-state index in [1.54, 1.807) is 18.3 Å². The molecule has 1 aromatic rings. The van der Waals surface area contributed by atoms with Gasteiger partial charge < -0.3 is 4.74 Å². The smallest absolute Gasteiger partial charge is 0.313 e. The van der Waals surface area contributed by atoms with Crippen LogP contribution < -0.4 is 0 Å². The molecule has 1 saturated carbocycles. The minimum Gasteiger partial charge on any atom is -0.466 e. The van der Waals surface area contributed by atoms with E-state index in [2.05, 4.69) is 15.1 Å². The van der Waals surface area contributed by atoms with Gasteiger partial charge in [-0.05, 0) is 45.7 Å². The summed E-state index contributed by atoms with van der Waals surface area (Å²) < 4.78 is 4.81. The lowest BCUT2D eigenvalue weighted by Gasteiger charge is -2.30. The lowest BCUT2D eigenvalue weighted by atomic mass is 9.97. The topological polar surface area (TPSA) is 72.4 Å². The first-order chi connectivity index (χ1) is 11.2. The fourth-order valence-electron chi connectivity index (χ4n) is 2.92. The van der Waals surface area contributed by atoms with Gasteiger partial charge in [0.2, 0.25) is 0 Å². The van der Waals surface area contributed by atoms with Crippen LogP contribution in [0.1, 0.15) is 60.9 Å². The largest absolute Gasteiger partial charge is 0.466 e. The summed E-state index contributed by atoms with van der Waals surface area (Å²) in [6, 6.07) is 0. The van der Waals surface area contributed by atoms with E-state index < -0.39 is 5.97 Å². The molecule has 0 spiro atoms. The Morgan fingerprint density at radius 2 is 1.74 bits per heavy atom. The number of ether oxygens (including phenoxy) is 1. The van der Waals surface area contributed by atoms with Crippen LogP contribution in [-0.2, 0) is 14.3 Å². The van der Waals surface area contributed by atoms with Gasteiger partial charge >= 0.3 is 5.97 Å². The van der Waals surface area contributed by atoms with Crippen LogP contribution >= 0.6 is 11.3 Å². The van der Waals surface area contributed by atoms with Crippen molar-refractivity contribution in [3.63, 3.8) is 0 Å². The second-order valence-corrected chi connectivity index (χ2v) is 7.36. The van der Waals surface area contributed by atoms with Gasteiger partial charge in [-0.2, -0.15) is 0 Å². The van der Waals surface area contributed by atoms with Crippen molar-refractivity contribution in [3.8, 4) is 0 Å². The standard InChI is InChI=1S/C16H23N3O3S/c1-2-22-14(21)9-13(20)10-19-7-5-12(6-8-19)16-18-17-15(23-16)11-3-4-11/h11-12H,2-10H2,1H3. The number of carbonyl (C=O) groups excluding carboxylic acids is 2. The van der Waals surface area contributed by atoms with Gasteiger partial charge in [-0.15, -0.1) is 21.5 Å². The first-order valence-electron chi connectivity index (χ1n) is 8.38. The zero-order valence-electron chi connectivity index (χ0n) is 13.5. The van der Waals surface area contributed by atoms with E-state index in [-0.39, 0.29) is 12.2 Å². The maximum Gasteiger partial charge on any atom is 0.313 e. The molecule has 1 aliphatic carbocycles. The summed E-state index contributed by atoms with van der Waals surface area (Å²) in [5.41, 5.74) is 0. The van der Waals surface area contributed by atoms with Gasteiger partial charge in [-0.3, -0.25) is 14.5 Å². The molecule has 7 heteroatoms. The van der Waals surface area contributed by atoms with Gasteiger partial charge in [0.1, 0.15) is 16.4 Å². The number of hydrogen-bond donors (Lipinski definition) is 0. The number of carbonyl (C=O) groups is 2. The van der Waals surface area contributed by atoms with Crippen molar-refractivity contribution in [3.05, 3.63) is 10.0 Å². The van der Waals surface area contributed by atoms with Crippen LogP contribution in [0.25, 0.3) is 0 Å². The molecule has 126 valence electrons. The molecule has 3 rings (SSSR count). The van der Waals surface area contributed by atoms with Crippen LogP contribution in [0.2, 0.25) is 0 Å². The summed E-state index contributed by atoms with van der Waals surface area (Å²) in [5, 5.41) is 11.0. The first-order valence-corrected chi connectivity index (χ1v) is 9.20. The molecule has 2 fully saturated rings. The Bertz CT molecular complexity index is 563. The van der Waals surface area contributed by atoms with E-state index in [0.29, 0.717) is 25.0 Å². The molecule has 1 saturated heterocycles. The van der Waals surface area contributed by atoms with Crippen molar-refractivity contribution in [2.75, 3.05) is 26.2 Å². The fraction of sp³-hybridized carbons (Fsp3) is 0.750. The second-order valence-electron chi connectivity index (χ2n) is 6.32. The highest BCUT2D eigenvalue weighted by Crippen LogP contribution is 2.43. The summed E-state index contributed by atoms with van der Waals surface area (Å²) in [6.07, 6.45) is 4.41. The monoisotopic (exact) mass is 337 g/mol. The summed E-state index contributed by atoms with van der Waals surface area (Å²) in [6.45, 7) is 4.15. The quantitative estimate of drug-likeness (QED) is 0.560. The van der Waals surface area contributed by atoms with Crippen molar-refractivity contribution in [2.24, 2.45) is 0 Å². The minimum atomic E-state index is -0.422. The Kier molecular flexibility index (Phi) is 5.38. The molecule has 0 amide bonds. The summed E-state index contributed by atoms with van der Waals surface area (Å²) >= 11 is 1.77. The number of ketones is 1. The van der Waals surface area contributed by atoms with Gasteiger partial charge in [0, 0.05) is 11.8 Å². The number of piperidine rings is 1.